The van der Waals surface area contributed by atoms with Crippen LogP contribution in [0.3, 0.4) is 0 Å². The van der Waals surface area contributed by atoms with E-state index in [0.717, 1.165) is 0 Å². The Morgan fingerprint density at radius 2 is 2.00 bits per heavy atom. The Balaban J connectivity index is 2.54. The first-order valence-corrected chi connectivity index (χ1v) is 5.81. The number of hydrogen-bond acceptors (Lipinski definition) is 3. The summed E-state index contributed by atoms with van der Waals surface area (Å²) >= 11 is 0. The molecule has 0 saturated carbocycles. The van der Waals surface area contributed by atoms with Crippen molar-refractivity contribution >= 4 is 5.97 Å². The number of aliphatic carboxylic acids is 1. The van der Waals surface area contributed by atoms with Crippen molar-refractivity contribution in [3.05, 3.63) is 23.3 Å². The van der Waals surface area contributed by atoms with Crippen molar-refractivity contribution in [1.82, 2.24) is 0 Å². The molecule has 0 spiro atoms. The van der Waals surface area contributed by atoms with Crippen LogP contribution >= 0.6 is 0 Å². The second-order valence-corrected chi connectivity index (χ2v) is 4.31. The number of carboxylic acids is 1. The average molecular weight is 254 g/mol. The van der Waals surface area contributed by atoms with E-state index in [2.05, 4.69) is 0 Å². The third-order valence-corrected chi connectivity index (χ3v) is 2.99. The Labute approximate surface area is 104 Å². The summed E-state index contributed by atoms with van der Waals surface area (Å²) in [4.78, 5) is 11.1. The van der Waals surface area contributed by atoms with Crippen LogP contribution in [0, 0.1) is 0 Å². The van der Waals surface area contributed by atoms with Gasteiger partial charge >= 0.3 is 5.97 Å². The lowest BCUT2D eigenvalue weighted by Crippen LogP contribution is -2.19. The maximum Gasteiger partial charge on any atom is 0.310 e. The molecule has 1 aromatic rings. The molecular formula is C13H15FO4. The van der Waals surface area contributed by atoms with Crippen molar-refractivity contribution in [2.45, 2.75) is 25.9 Å². The smallest absolute Gasteiger partial charge is 0.310 e. The summed E-state index contributed by atoms with van der Waals surface area (Å²) in [6.07, 6.45) is -1.18. The van der Waals surface area contributed by atoms with Gasteiger partial charge in [0, 0.05) is 5.56 Å². The molecule has 0 fully saturated rings. The summed E-state index contributed by atoms with van der Waals surface area (Å²) in [5.74, 6) is -0.902. The van der Waals surface area contributed by atoms with Gasteiger partial charge in [0.2, 0.25) is 0 Å². The molecule has 0 radical (unpaired) electrons. The molecule has 4 nitrogen and oxygen atoms in total. The number of fused-ring (bicyclic) bond motifs is 1. The van der Waals surface area contributed by atoms with E-state index in [1.54, 1.807) is 13.0 Å². The van der Waals surface area contributed by atoms with Crippen molar-refractivity contribution in [3.8, 4) is 11.5 Å². The first-order valence-electron chi connectivity index (χ1n) is 5.81. The van der Waals surface area contributed by atoms with Crippen LogP contribution in [0.5, 0.6) is 11.5 Å². The molecule has 0 amide bonds. The molecule has 1 N–H and O–H groups in total. The van der Waals surface area contributed by atoms with Gasteiger partial charge in [0.25, 0.3) is 0 Å². The van der Waals surface area contributed by atoms with E-state index in [9.17, 15) is 9.18 Å². The fraction of sp³-hybridized carbons (Fsp3) is 0.462. The lowest BCUT2D eigenvalue weighted by molar-refractivity contribution is -0.138. The monoisotopic (exact) mass is 254 g/mol. The maximum atomic E-state index is 13.4. The molecule has 2 unspecified atom stereocenters. The highest BCUT2D eigenvalue weighted by Crippen LogP contribution is 2.40. The van der Waals surface area contributed by atoms with Crippen LogP contribution in [-0.2, 0) is 4.79 Å². The number of hydrogen-bond donors (Lipinski definition) is 1. The predicted molar refractivity (Wildman–Crippen MR) is 63.0 cm³/mol. The van der Waals surface area contributed by atoms with Crippen molar-refractivity contribution in [2.75, 3.05) is 13.2 Å². The summed E-state index contributed by atoms with van der Waals surface area (Å²) in [5.41, 5.74) is 0.863. The minimum Gasteiger partial charge on any atom is -0.486 e. The van der Waals surface area contributed by atoms with Crippen molar-refractivity contribution in [3.63, 3.8) is 0 Å². The third kappa shape index (κ3) is 2.25. The second kappa shape index (κ2) is 4.84. The topological polar surface area (TPSA) is 55.8 Å². The SMILES string of the molecule is CC(F)c1cc2c(c(C(C)C(=O)O)c1)OCCO2. The Morgan fingerprint density at radius 3 is 2.61 bits per heavy atom. The molecule has 1 aliphatic rings. The van der Waals surface area contributed by atoms with Crippen LogP contribution in [0.4, 0.5) is 4.39 Å². The molecule has 0 saturated heterocycles. The fourth-order valence-electron chi connectivity index (χ4n) is 1.89. The average Bonchev–Trinajstić information content (AvgIpc) is 2.36. The zero-order valence-corrected chi connectivity index (χ0v) is 10.3. The zero-order valence-electron chi connectivity index (χ0n) is 10.3. The van der Waals surface area contributed by atoms with E-state index < -0.39 is 18.1 Å². The highest BCUT2D eigenvalue weighted by atomic mass is 19.1. The van der Waals surface area contributed by atoms with Gasteiger partial charge in [-0.2, -0.15) is 0 Å². The normalized spacial score (nSPS) is 17.1. The lowest BCUT2D eigenvalue weighted by atomic mass is 9.96. The number of rotatable bonds is 3. The van der Waals surface area contributed by atoms with E-state index >= 15 is 0 Å². The summed E-state index contributed by atoms with van der Waals surface area (Å²) in [5, 5.41) is 9.08. The molecular weight excluding hydrogens is 239 g/mol. The van der Waals surface area contributed by atoms with Crippen LogP contribution in [0.2, 0.25) is 0 Å². The van der Waals surface area contributed by atoms with Crippen LogP contribution in [0.1, 0.15) is 37.1 Å². The third-order valence-electron chi connectivity index (χ3n) is 2.99. The first kappa shape index (κ1) is 12.7. The molecule has 0 aromatic heterocycles. The molecule has 2 rings (SSSR count). The quantitative estimate of drug-likeness (QED) is 0.901. The Bertz CT molecular complexity index is 470. The first-order chi connectivity index (χ1) is 8.50. The zero-order chi connectivity index (χ0) is 13.3. The van der Waals surface area contributed by atoms with Crippen molar-refractivity contribution in [2.24, 2.45) is 0 Å². The van der Waals surface area contributed by atoms with Gasteiger partial charge in [0.1, 0.15) is 19.4 Å². The number of carboxylic acid groups (broad SMARTS) is 1. The van der Waals surface area contributed by atoms with E-state index in [1.165, 1.54) is 13.0 Å². The van der Waals surface area contributed by atoms with Crippen LogP contribution in [0.25, 0.3) is 0 Å². The highest BCUT2D eigenvalue weighted by molar-refractivity contribution is 5.77. The van der Waals surface area contributed by atoms with Gasteiger partial charge in [-0.15, -0.1) is 0 Å². The summed E-state index contributed by atoms with van der Waals surface area (Å²) in [6, 6.07) is 3.11. The van der Waals surface area contributed by atoms with Crippen LogP contribution < -0.4 is 9.47 Å². The Kier molecular flexibility index (Phi) is 3.41. The molecule has 0 aliphatic carbocycles. The van der Waals surface area contributed by atoms with Gasteiger partial charge in [-0.05, 0) is 31.5 Å². The van der Waals surface area contributed by atoms with Gasteiger partial charge in [0.15, 0.2) is 11.5 Å². The minimum absolute atomic E-state index is 0.372. The maximum absolute atomic E-state index is 13.4. The Hall–Kier alpha value is -1.78. The van der Waals surface area contributed by atoms with Gasteiger partial charge < -0.3 is 14.6 Å². The van der Waals surface area contributed by atoms with Crippen molar-refractivity contribution in [1.29, 1.82) is 0 Å². The molecule has 2 atom stereocenters. The summed E-state index contributed by atoms with van der Waals surface area (Å²) in [6.45, 7) is 3.71. The highest BCUT2D eigenvalue weighted by Gasteiger charge is 2.25. The minimum atomic E-state index is -1.18. The molecule has 1 heterocycles. The standard InChI is InChI=1S/C13H15FO4/c1-7(13(15)16)10-5-9(8(2)14)6-11-12(10)18-4-3-17-11/h5-8H,3-4H2,1-2H3,(H,15,16). The van der Waals surface area contributed by atoms with E-state index in [0.29, 0.717) is 35.8 Å². The van der Waals surface area contributed by atoms with Gasteiger partial charge in [-0.25, -0.2) is 4.39 Å². The predicted octanol–water partition coefficient (Wildman–Crippen LogP) is 2.68. The number of carbonyl (C=O) groups is 1. The van der Waals surface area contributed by atoms with E-state index in [1.807, 2.05) is 0 Å². The van der Waals surface area contributed by atoms with E-state index in [4.69, 9.17) is 14.6 Å². The second-order valence-electron chi connectivity index (χ2n) is 4.31. The summed E-state index contributed by atoms with van der Waals surface area (Å²) in [7, 11) is 0. The van der Waals surface area contributed by atoms with E-state index in [-0.39, 0.29) is 0 Å². The molecule has 1 aromatic carbocycles. The number of benzene rings is 1. The number of halogens is 1. The van der Waals surface area contributed by atoms with Crippen LogP contribution in [-0.4, -0.2) is 24.3 Å². The number of ether oxygens (including phenoxy) is 2. The largest absolute Gasteiger partial charge is 0.486 e. The van der Waals surface area contributed by atoms with Gasteiger partial charge in [-0.1, -0.05) is 0 Å². The molecule has 5 heteroatoms. The fourth-order valence-corrected chi connectivity index (χ4v) is 1.89. The molecule has 0 bridgehead atoms. The van der Waals surface area contributed by atoms with Crippen molar-refractivity contribution < 1.29 is 23.8 Å². The van der Waals surface area contributed by atoms with Gasteiger partial charge in [0.05, 0.1) is 5.92 Å². The summed E-state index contributed by atoms with van der Waals surface area (Å²) < 4.78 is 24.3. The lowest BCUT2D eigenvalue weighted by Gasteiger charge is -2.24. The molecule has 18 heavy (non-hydrogen) atoms. The number of alkyl halides is 1. The molecule has 98 valence electrons. The molecule has 1 aliphatic heterocycles. The van der Waals surface area contributed by atoms with Crippen LogP contribution in [0.15, 0.2) is 12.1 Å². The Morgan fingerprint density at radius 1 is 1.33 bits per heavy atom. The van der Waals surface area contributed by atoms with Gasteiger partial charge in [-0.3, -0.25) is 4.79 Å².